The largest absolute Gasteiger partial charge is 0.496 e. The fourth-order valence-corrected chi connectivity index (χ4v) is 1.35. The number of benzene rings is 1. The number of amides is 1. The summed E-state index contributed by atoms with van der Waals surface area (Å²) >= 11 is 4.81. The van der Waals surface area contributed by atoms with Crippen LogP contribution < -0.4 is 4.74 Å². The van der Waals surface area contributed by atoms with Crippen molar-refractivity contribution in [3.63, 3.8) is 0 Å². The van der Waals surface area contributed by atoms with E-state index in [-0.39, 0.29) is 5.91 Å². The van der Waals surface area contributed by atoms with Gasteiger partial charge >= 0.3 is 0 Å². The van der Waals surface area contributed by atoms with Crippen LogP contribution in [0.3, 0.4) is 0 Å². The maximum absolute atomic E-state index is 11.7. The van der Waals surface area contributed by atoms with Crippen LogP contribution >= 0.6 is 12.2 Å². The fourth-order valence-electron chi connectivity index (χ4n) is 1.20. The van der Waals surface area contributed by atoms with Crippen molar-refractivity contribution >= 4 is 23.5 Å². The highest BCUT2D eigenvalue weighted by atomic mass is 32.1. The number of carbonyl (C=O) groups is 1. The number of nitrogens with zero attached hydrogens (tertiary/aromatic N) is 1. The second kappa shape index (κ2) is 4.89. The van der Waals surface area contributed by atoms with Crippen LogP contribution in [0, 0.1) is 0 Å². The number of thiocarbonyl (C=S) groups is 1. The van der Waals surface area contributed by atoms with E-state index in [2.05, 4.69) is 0 Å². The Kier molecular flexibility index (Phi) is 3.80. The summed E-state index contributed by atoms with van der Waals surface area (Å²) in [5, 5.41) is 1.55. The molecule has 0 N–H and O–H groups in total. The van der Waals surface area contributed by atoms with E-state index < -0.39 is 0 Å². The van der Waals surface area contributed by atoms with Crippen LogP contribution in [-0.4, -0.2) is 37.4 Å². The Balaban J connectivity index is 3.18. The van der Waals surface area contributed by atoms with Gasteiger partial charge < -0.3 is 9.64 Å². The predicted octanol–water partition coefficient (Wildman–Crippen LogP) is 1.74. The smallest absolute Gasteiger partial charge is 0.257 e. The van der Waals surface area contributed by atoms with Gasteiger partial charge in [0.2, 0.25) is 0 Å². The van der Waals surface area contributed by atoms with Crippen molar-refractivity contribution in [2.24, 2.45) is 0 Å². The molecule has 0 atom stereocenters. The Morgan fingerprint density at radius 2 is 2.13 bits per heavy atom. The molecule has 0 heterocycles. The molecule has 0 bridgehead atoms. The molecule has 0 aliphatic rings. The molecule has 0 aliphatic heterocycles. The third-order valence-corrected chi connectivity index (χ3v) is 2.27. The van der Waals surface area contributed by atoms with Crippen LogP contribution in [0.1, 0.15) is 15.9 Å². The van der Waals surface area contributed by atoms with Crippen molar-refractivity contribution in [3.8, 4) is 5.75 Å². The first kappa shape index (κ1) is 11.7. The zero-order chi connectivity index (χ0) is 11.4. The van der Waals surface area contributed by atoms with E-state index in [0.29, 0.717) is 11.3 Å². The molecule has 1 aromatic carbocycles. The van der Waals surface area contributed by atoms with Crippen LogP contribution in [0.2, 0.25) is 0 Å². The van der Waals surface area contributed by atoms with Crippen molar-refractivity contribution in [3.05, 3.63) is 29.3 Å². The lowest BCUT2D eigenvalue weighted by Gasteiger charge is -2.13. The molecule has 0 fully saturated rings. The number of rotatable bonds is 3. The van der Waals surface area contributed by atoms with Crippen molar-refractivity contribution in [2.75, 3.05) is 21.2 Å². The minimum Gasteiger partial charge on any atom is -0.496 e. The topological polar surface area (TPSA) is 29.5 Å². The molecule has 0 radical (unpaired) electrons. The summed E-state index contributed by atoms with van der Waals surface area (Å²) in [6.45, 7) is 0. The number of carbonyl (C=O) groups excluding carboxylic acids is 1. The summed E-state index contributed by atoms with van der Waals surface area (Å²) < 4.78 is 5.15. The van der Waals surface area contributed by atoms with Gasteiger partial charge in [0.1, 0.15) is 5.75 Å². The maximum atomic E-state index is 11.7. The van der Waals surface area contributed by atoms with E-state index in [1.807, 2.05) is 0 Å². The number of methoxy groups -OCH3 is 1. The maximum Gasteiger partial charge on any atom is 0.257 e. The van der Waals surface area contributed by atoms with Gasteiger partial charge in [0.25, 0.3) is 5.91 Å². The molecule has 3 nitrogen and oxygen atoms in total. The molecule has 0 saturated carbocycles. The third kappa shape index (κ3) is 2.53. The third-order valence-electron chi connectivity index (χ3n) is 2.00. The summed E-state index contributed by atoms with van der Waals surface area (Å²) in [6.07, 6.45) is 0. The predicted molar refractivity (Wildman–Crippen MR) is 63.8 cm³/mol. The Hall–Kier alpha value is -1.42. The van der Waals surface area contributed by atoms with Gasteiger partial charge in [0.05, 0.1) is 12.7 Å². The van der Waals surface area contributed by atoms with Crippen LogP contribution in [0.25, 0.3) is 0 Å². The van der Waals surface area contributed by atoms with Crippen molar-refractivity contribution in [1.82, 2.24) is 4.90 Å². The second-order valence-corrected chi connectivity index (χ2v) is 3.51. The number of hydrogen-bond donors (Lipinski definition) is 0. The van der Waals surface area contributed by atoms with Gasteiger partial charge in [-0.2, -0.15) is 0 Å². The molecule has 80 valence electrons. The first-order valence-electron chi connectivity index (χ1n) is 4.45. The van der Waals surface area contributed by atoms with Gasteiger partial charge in [-0.15, -0.1) is 0 Å². The molecule has 1 aromatic rings. The summed E-state index contributed by atoms with van der Waals surface area (Å²) in [4.78, 5) is 13.2. The first-order valence-corrected chi connectivity index (χ1v) is 4.92. The minimum atomic E-state index is -0.0808. The SMILES string of the molecule is COc1cc(C=S)ccc1C(=O)N(C)C. The lowest BCUT2D eigenvalue weighted by Crippen LogP contribution is -2.22. The molecule has 0 aliphatic carbocycles. The highest BCUT2D eigenvalue weighted by Crippen LogP contribution is 2.20. The van der Waals surface area contributed by atoms with Gasteiger partial charge in [-0.1, -0.05) is 18.3 Å². The van der Waals surface area contributed by atoms with E-state index in [1.54, 1.807) is 37.7 Å². The first-order chi connectivity index (χ1) is 7.10. The highest BCUT2D eigenvalue weighted by molar-refractivity contribution is 7.79. The number of ether oxygens (including phenoxy) is 1. The molecule has 1 rings (SSSR count). The molecule has 15 heavy (non-hydrogen) atoms. The summed E-state index contributed by atoms with van der Waals surface area (Å²) in [5.41, 5.74) is 1.40. The summed E-state index contributed by atoms with van der Waals surface area (Å²) in [6, 6.07) is 5.27. The molecule has 0 unspecified atom stereocenters. The van der Waals surface area contributed by atoms with Gasteiger partial charge in [-0.3, -0.25) is 4.79 Å². The fraction of sp³-hybridized carbons (Fsp3) is 0.273. The van der Waals surface area contributed by atoms with E-state index in [4.69, 9.17) is 17.0 Å². The van der Waals surface area contributed by atoms with E-state index >= 15 is 0 Å². The van der Waals surface area contributed by atoms with Gasteiger partial charge in [-0.25, -0.2) is 0 Å². The lowest BCUT2D eigenvalue weighted by atomic mass is 10.1. The zero-order valence-electron chi connectivity index (χ0n) is 8.98. The highest BCUT2D eigenvalue weighted by Gasteiger charge is 2.13. The van der Waals surface area contributed by atoms with Gasteiger partial charge in [0.15, 0.2) is 0 Å². The Morgan fingerprint density at radius 1 is 1.47 bits per heavy atom. The normalized spacial score (nSPS) is 9.53. The van der Waals surface area contributed by atoms with Crippen LogP contribution in [0.15, 0.2) is 18.2 Å². The van der Waals surface area contributed by atoms with Crippen molar-refractivity contribution in [1.29, 1.82) is 0 Å². The van der Waals surface area contributed by atoms with E-state index in [0.717, 1.165) is 5.56 Å². The molecule has 1 amide bonds. The molecule has 0 spiro atoms. The van der Waals surface area contributed by atoms with Crippen LogP contribution in [0.4, 0.5) is 0 Å². The van der Waals surface area contributed by atoms with Crippen LogP contribution in [-0.2, 0) is 0 Å². The monoisotopic (exact) mass is 223 g/mol. The van der Waals surface area contributed by atoms with Crippen molar-refractivity contribution in [2.45, 2.75) is 0 Å². The second-order valence-electron chi connectivity index (χ2n) is 3.28. The molecule has 0 aromatic heterocycles. The Bertz CT molecular complexity index is 388. The number of hydrogen-bond acceptors (Lipinski definition) is 3. The average molecular weight is 223 g/mol. The Labute approximate surface area is 94.6 Å². The molecule has 0 saturated heterocycles. The average Bonchev–Trinajstić information content (AvgIpc) is 2.27. The standard InChI is InChI=1S/C11H13NO2S/c1-12(2)11(13)9-5-4-8(7-15)6-10(9)14-3/h4-7H,1-3H3. The zero-order valence-corrected chi connectivity index (χ0v) is 9.80. The quantitative estimate of drug-likeness (QED) is 0.731. The van der Waals surface area contributed by atoms with Crippen LogP contribution in [0.5, 0.6) is 5.75 Å². The molecular formula is C11H13NO2S. The molecular weight excluding hydrogens is 210 g/mol. The van der Waals surface area contributed by atoms with Crippen molar-refractivity contribution < 1.29 is 9.53 Å². The Morgan fingerprint density at radius 3 is 2.60 bits per heavy atom. The van der Waals surface area contributed by atoms with E-state index in [9.17, 15) is 4.79 Å². The van der Waals surface area contributed by atoms with Gasteiger partial charge in [-0.05, 0) is 17.7 Å². The summed E-state index contributed by atoms with van der Waals surface area (Å²) in [5.74, 6) is 0.468. The van der Waals surface area contributed by atoms with Gasteiger partial charge in [0, 0.05) is 19.5 Å². The summed E-state index contributed by atoms with van der Waals surface area (Å²) in [7, 11) is 4.94. The lowest BCUT2D eigenvalue weighted by molar-refractivity contribution is 0.0824. The van der Waals surface area contributed by atoms with E-state index in [1.165, 1.54) is 12.0 Å². The minimum absolute atomic E-state index is 0.0808. The molecule has 4 heteroatoms.